The largest absolute Gasteiger partial charge is 0.468 e. The van der Waals surface area contributed by atoms with E-state index in [1.165, 1.54) is 31.1 Å². The van der Waals surface area contributed by atoms with E-state index in [4.69, 9.17) is 4.74 Å². The van der Waals surface area contributed by atoms with Crippen LogP contribution in [-0.4, -0.2) is 95.9 Å². The number of hydrogen-bond donors (Lipinski definition) is 2. The summed E-state index contributed by atoms with van der Waals surface area (Å²) in [5, 5.41) is 3.37. The topological polar surface area (TPSA) is 89.1 Å². The average molecular weight is 526 g/mol. The van der Waals surface area contributed by atoms with Crippen molar-refractivity contribution in [2.24, 2.45) is 4.99 Å². The van der Waals surface area contributed by atoms with E-state index in [1.54, 1.807) is 6.20 Å². The zero-order valence-electron chi connectivity index (χ0n) is 23.6. The summed E-state index contributed by atoms with van der Waals surface area (Å²) in [6.45, 7) is 13.9. The number of imidazole rings is 1. The van der Waals surface area contributed by atoms with Crippen LogP contribution in [0.5, 0.6) is 0 Å². The molecular formula is C29H47N7O2. The fourth-order valence-electron chi connectivity index (χ4n) is 4.89. The monoisotopic (exact) mass is 525 g/mol. The lowest BCUT2D eigenvalue weighted by atomic mass is 10.1. The Balaban J connectivity index is 1.54. The number of carbonyl (C=O) groups is 1. The van der Waals surface area contributed by atoms with Gasteiger partial charge in [0.25, 0.3) is 0 Å². The van der Waals surface area contributed by atoms with Gasteiger partial charge in [0, 0.05) is 32.0 Å². The van der Waals surface area contributed by atoms with Crippen molar-refractivity contribution in [3.05, 3.63) is 53.6 Å². The first-order valence-corrected chi connectivity index (χ1v) is 14.2. The van der Waals surface area contributed by atoms with E-state index >= 15 is 0 Å². The van der Waals surface area contributed by atoms with Crippen LogP contribution in [0, 0.1) is 0 Å². The molecule has 0 atom stereocenters. The summed E-state index contributed by atoms with van der Waals surface area (Å²) in [6, 6.07) is 8.75. The Kier molecular flexibility index (Phi) is 13.3. The van der Waals surface area contributed by atoms with E-state index in [0.29, 0.717) is 6.54 Å². The molecular weight excluding hydrogens is 478 g/mol. The number of methoxy groups -OCH3 is 1. The molecule has 210 valence electrons. The fourth-order valence-corrected chi connectivity index (χ4v) is 4.89. The van der Waals surface area contributed by atoms with E-state index in [2.05, 4.69) is 73.1 Å². The third-order valence-corrected chi connectivity index (χ3v) is 6.74. The Labute approximate surface area is 228 Å². The molecule has 1 aliphatic heterocycles. The molecule has 0 radical (unpaired) electrons. The molecule has 0 spiro atoms. The van der Waals surface area contributed by atoms with Gasteiger partial charge in [-0.3, -0.25) is 19.6 Å². The standard InChI is InChI=1S/C29H47N7O2/c1-4-16-34(17-5-2)18-6-7-19-35(24-29(37)38-3)20-25-8-10-26(11-9-25)21-36(22-27-30-12-13-31-27)23-28-32-14-15-33-28/h8-13H,4-7,14-24H2,1-3H3,(H,30,31)(H,32,33). The summed E-state index contributed by atoms with van der Waals surface area (Å²) in [7, 11) is 1.46. The van der Waals surface area contributed by atoms with Crippen LogP contribution in [0.25, 0.3) is 0 Å². The maximum Gasteiger partial charge on any atom is 0.319 e. The minimum absolute atomic E-state index is 0.183. The van der Waals surface area contributed by atoms with Crippen molar-refractivity contribution in [2.75, 3.05) is 59.5 Å². The predicted molar refractivity (Wildman–Crippen MR) is 153 cm³/mol. The molecule has 0 aliphatic carbocycles. The van der Waals surface area contributed by atoms with Crippen LogP contribution in [0.3, 0.4) is 0 Å². The van der Waals surface area contributed by atoms with Crippen molar-refractivity contribution in [2.45, 2.75) is 59.2 Å². The molecule has 0 fully saturated rings. The van der Waals surface area contributed by atoms with Gasteiger partial charge in [0.15, 0.2) is 0 Å². The average Bonchev–Trinajstić information content (AvgIpc) is 3.62. The highest BCUT2D eigenvalue weighted by molar-refractivity contribution is 5.85. The zero-order chi connectivity index (χ0) is 27.0. The van der Waals surface area contributed by atoms with Crippen molar-refractivity contribution >= 4 is 11.8 Å². The molecule has 0 saturated carbocycles. The van der Waals surface area contributed by atoms with Gasteiger partial charge in [0.1, 0.15) is 11.7 Å². The quantitative estimate of drug-likeness (QED) is 0.215. The number of hydrogen-bond acceptors (Lipinski definition) is 8. The molecule has 9 nitrogen and oxygen atoms in total. The number of esters is 1. The Morgan fingerprint density at radius 3 is 2.11 bits per heavy atom. The highest BCUT2D eigenvalue weighted by Crippen LogP contribution is 2.13. The van der Waals surface area contributed by atoms with Crippen LogP contribution in [0.2, 0.25) is 0 Å². The van der Waals surface area contributed by atoms with Crippen LogP contribution < -0.4 is 5.32 Å². The van der Waals surface area contributed by atoms with Crippen molar-refractivity contribution in [3.63, 3.8) is 0 Å². The van der Waals surface area contributed by atoms with Gasteiger partial charge >= 0.3 is 5.97 Å². The zero-order valence-corrected chi connectivity index (χ0v) is 23.6. The number of aromatic amines is 1. The molecule has 9 heteroatoms. The molecule has 0 saturated heterocycles. The Bertz CT molecular complexity index is 940. The Morgan fingerprint density at radius 2 is 1.55 bits per heavy atom. The minimum Gasteiger partial charge on any atom is -0.468 e. The van der Waals surface area contributed by atoms with Crippen LogP contribution in [-0.2, 0) is 29.2 Å². The number of ether oxygens (including phenoxy) is 1. The molecule has 38 heavy (non-hydrogen) atoms. The third kappa shape index (κ3) is 10.9. The summed E-state index contributed by atoms with van der Waals surface area (Å²) in [5.41, 5.74) is 2.45. The maximum atomic E-state index is 12.1. The first-order valence-electron chi connectivity index (χ1n) is 14.2. The highest BCUT2D eigenvalue weighted by Gasteiger charge is 2.15. The minimum atomic E-state index is -0.183. The summed E-state index contributed by atoms with van der Waals surface area (Å²) in [5.74, 6) is 1.81. The number of nitrogens with one attached hydrogen (secondary N) is 2. The molecule has 1 aliphatic rings. The molecule has 0 unspecified atom stereocenters. The van der Waals surface area contributed by atoms with Gasteiger partial charge in [-0.15, -0.1) is 0 Å². The molecule has 2 aromatic rings. The van der Waals surface area contributed by atoms with E-state index in [1.807, 2.05) is 6.20 Å². The lowest BCUT2D eigenvalue weighted by molar-refractivity contribution is -0.142. The smallest absolute Gasteiger partial charge is 0.319 e. The number of rotatable bonds is 19. The number of aromatic nitrogens is 2. The molecule has 2 N–H and O–H groups in total. The number of nitrogens with zero attached hydrogens (tertiary/aromatic N) is 5. The second kappa shape index (κ2) is 17.0. The normalized spacial score (nSPS) is 13.4. The van der Waals surface area contributed by atoms with E-state index in [0.717, 1.165) is 89.9 Å². The Hall–Kier alpha value is -2.75. The van der Waals surface area contributed by atoms with Gasteiger partial charge in [0.05, 0.1) is 33.3 Å². The second-order valence-electron chi connectivity index (χ2n) is 10.1. The molecule has 3 rings (SSSR count). The van der Waals surface area contributed by atoms with E-state index in [-0.39, 0.29) is 5.97 Å². The number of amidine groups is 1. The predicted octanol–water partition coefficient (Wildman–Crippen LogP) is 3.29. The number of aliphatic imine (C=N–C) groups is 1. The lowest BCUT2D eigenvalue weighted by Gasteiger charge is -2.24. The highest BCUT2D eigenvalue weighted by atomic mass is 16.5. The fraction of sp³-hybridized carbons (Fsp3) is 0.621. The number of H-pyrrole nitrogens is 1. The summed E-state index contributed by atoms with van der Waals surface area (Å²) in [6.07, 6.45) is 8.24. The number of unbranched alkanes of at least 4 members (excludes halogenated alkanes) is 1. The second-order valence-corrected chi connectivity index (χ2v) is 10.1. The number of carbonyl (C=O) groups excluding carboxylic acids is 1. The lowest BCUT2D eigenvalue weighted by Crippen LogP contribution is -2.34. The first kappa shape index (κ1) is 29.8. The van der Waals surface area contributed by atoms with Crippen molar-refractivity contribution < 1.29 is 9.53 Å². The van der Waals surface area contributed by atoms with Crippen molar-refractivity contribution in [1.29, 1.82) is 0 Å². The molecule has 1 aromatic heterocycles. The van der Waals surface area contributed by atoms with Crippen LogP contribution >= 0.6 is 0 Å². The number of benzene rings is 1. The summed E-state index contributed by atoms with van der Waals surface area (Å²) in [4.78, 5) is 31.4. The van der Waals surface area contributed by atoms with Crippen molar-refractivity contribution in [3.8, 4) is 0 Å². The molecule has 0 amide bonds. The van der Waals surface area contributed by atoms with Gasteiger partial charge in [-0.2, -0.15) is 0 Å². The van der Waals surface area contributed by atoms with Gasteiger partial charge in [-0.1, -0.05) is 38.1 Å². The summed E-state index contributed by atoms with van der Waals surface area (Å²) < 4.78 is 4.97. The third-order valence-electron chi connectivity index (χ3n) is 6.74. The van der Waals surface area contributed by atoms with Gasteiger partial charge in [-0.05, 0) is 63.0 Å². The molecule has 2 heterocycles. The molecule has 0 bridgehead atoms. The first-order chi connectivity index (χ1) is 18.6. The van der Waals surface area contributed by atoms with Crippen LogP contribution in [0.1, 0.15) is 56.5 Å². The van der Waals surface area contributed by atoms with E-state index < -0.39 is 0 Å². The van der Waals surface area contributed by atoms with Gasteiger partial charge < -0.3 is 19.9 Å². The van der Waals surface area contributed by atoms with Gasteiger partial charge in [-0.25, -0.2) is 4.98 Å². The van der Waals surface area contributed by atoms with Gasteiger partial charge in [0.2, 0.25) is 0 Å². The van der Waals surface area contributed by atoms with E-state index in [9.17, 15) is 4.79 Å². The summed E-state index contributed by atoms with van der Waals surface area (Å²) >= 11 is 0. The van der Waals surface area contributed by atoms with Crippen molar-refractivity contribution in [1.82, 2.24) is 30.0 Å². The molecule has 1 aromatic carbocycles. The van der Waals surface area contributed by atoms with Crippen LogP contribution in [0.4, 0.5) is 0 Å². The van der Waals surface area contributed by atoms with Crippen LogP contribution in [0.15, 0.2) is 41.7 Å². The maximum absolute atomic E-state index is 12.1. The SMILES string of the molecule is CCCN(CCC)CCCCN(CC(=O)OC)Cc1ccc(CN(CC2=NCCN2)Cc2ncc[nH]2)cc1. The Morgan fingerprint density at radius 1 is 0.895 bits per heavy atom.